The highest BCUT2D eigenvalue weighted by Gasteiger charge is 2.17. The number of fused-ring (bicyclic) bond motifs is 2. The topological polar surface area (TPSA) is 117 Å². The van der Waals surface area contributed by atoms with Gasteiger partial charge in [-0.25, -0.2) is 14.6 Å². The van der Waals surface area contributed by atoms with E-state index in [2.05, 4.69) is 20.3 Å². The van der Waals surface area contributed by atoms with Gasteiger partial charge in [0.05, 0.1) is 21.3 Å². The Kier molecular flexibility index (Phi) is 4.96. The summed E-state index contributed by atoms with van der Waals surface area (Å²) in [6.07, 6.45) is 1.81. The number of carbonyl (C=O) groups excluding carboxylic acids is 2. The number of amides is 1. The van der Waals surface area contributed by atoms with Crippen molar-refractivity contribution in [2.75, 3.05) is 5.32 Å². The molecular weight excluding hydrogens is 392 g/mol. The van der Waals surface area contributed by atoms with E-state index in [0.29, 0.717) is 21.7 Å². The Morgan fingerprint density at radius 2 is 1.97 bits per heavy atom. The minimum atomic E-state index is -0.997. The fourth-order valence-electron chi connectivity index (χ4n) is 2.72. The van der Waals surface area contributed by atoms with Gasteiger partial charge in [-0.15, -0.1) is 11.3 Å². The standard InChI is InChI=1S/C20H16N4O4S/c1-11(19(26)21-12-6-7-13-15(10-12)24-20(27)23-13)28-18(25)9-8-17-22-14-4-2-3-5-16(14)29-17/h2-11H,1H3,(H,21,26)(H2,23,24,27)/b9-8+/t11-/m0/s1. The molecule has 3 N–H and O–H groups in total. The van der Waals surface area contributed by atoms with Crippen LogP contribution in [-0.4, -0.2) is 32.9 Å². The predicted molar refractivity (Wildman–Crippen MR) is 112 cm³/mol. The smallest absolute Gasteiger partial charge is 0.331 e. The summed E-state index contributed by atoms with van der Waals surface area (Å²) in [4.78, 5) is 45.2. The first kappa shape index (κ1) is 18.6. The number of para-hydroxylation sites is 1. The molecule has 0 aliphatic rings. The molecular formula is C20H16N4O4S. The average Bonchev–Trinajstić information content (AvgIpc) is 3.27. The summed E-state index contributed by atoms with van der Waals surface area (Å²) in [7, 11) is 0. The number of hydrogen-bond acceptors (Lipinski definition) is 6. The predicted octanol–water partition coefficient (Wildman–Crippen LogP) is 3.05. The Labute approximate surface area is 168 Å². The molecule has 0 saturated carbocycles. The highest BCUT2D eigenvalue weighted by Crippen LogP contribution is 2.22. The van der Waals surface area contributed by atoms with E-state index in [-0.39, 0.29) is 5.69 Å². The van der Waals surface area contributed by atoms with Crippen LogP contribution in [0.3, 0.4) is 0 Å². The number of nitrogens with one attached hydrogen (secondary N) is 3. The molecule has 2 aromatic heterocycles. The number of ether oxygens (including phenoxy) is 1. The molecule has 0 aliphatic heterocycles. The van der Waals surface area contributed by atoms with E-state index in [1.807, 2.05) is 24.3 Å². The Balaban J connectivity index is 1.36. The second kappa shape index (κ2) is 7.72. The molecule has 2 heterocycles. The van der Waals surface area contributed by atoms with Crippen molar-refractivity contribution in [1.29, 1.82) is 0 Å². The number of carbonyl (C=O) groups is 2. The zero-order valence-electron chi connectivity index (χ0n) is 15.3. The van der Waals surface area contributed by atoms with Crippen molar-refractivity contribution in [1.82, 2.24) is 15.0 Å². The van der Waals surface area contributed by atoms with E-state index < -0.39 is 18.0 Å². The van der Waals surface area contributed by atoms with Gasteiger partial charge in [-0.3, -0.25) is 4.79 Å². The fourth-order valence-corrected chi connectivity index (χ4v) is 3.59. The zero-order chi connectivity index (χ0) is 20.4. The van der Waals surface area contributed by atoms with Gasteiger partial charge in [0.25, 0.3) is 5.91 Å². The molecule has 4 aromatic rings. The third-order valence-corrected chi connectivity index (χ3v) is 5.12. The first-order chi connectivity index (χ1) is 14.0. The number of thiazole rings is 1. The van der Waals surface area contributed by atoms with Crippen molar-refractivity contribution in [3.05, 3.63) is 64.0 Å². The fraction of sp³-hybridized carbons (Fsp3) is 0.100. The first-order valence-electron chi connectivity index (χ1n) is 8.75. The molecule has 0 aliphatic carbocycles. The van der Waals surface area contributed by atoms with Crippen LogP contribution in [0.15, 0.2) is 53.3 Å². The minimum absolute atomic E-state index is 0.328. The number of nitrogens with zero attached hydrogens (tertiary/aromatic N) is 1. The van der Waals surface area contributed by atoms with Crippen LogP contribution in [0.2, 0.25) is 0 Å². The molecule has 4 rings (SSSR count). The Hall–Kier alpha value is -3.72. The summed E-state index contributed by atoms with van der Waals surface area (Å²) in [5.41, 5.74) is 2.21. The zero-order valence-corrected chi connectivity index (χ0v) is 16.1. The lowest BCUT2D eigenvalue weighted by Crippen LogP contribution is -2.29. The highest BCUT2D eigenvalue weighted by atomic mass is 32.1. The Morgan fingerprint density at radius 1 is 1.17 bits per heavy atom. The molecule has 2 aromatic carbocycles. The van der Waals surface area contributed by atoms with E-state index in [9.17, 15) is 14.4 Å². The van der Waals surface area contributed by atoms with Gasteiger partial charge in [-0.1, -0.05) is 12.1 Å². The van der Waals surface area contributed by atoms with Crippen molar-refractivity contribution in [3.8, 4) is 0 Å². The molecule has 146 valence electrons. The lowest BCUT2D eigenvalue weighted by atomic mass is 10.2. The maximum Gasteiger partial charge on any atom is 0.331 e. The van der Waals surface area contributed by atoms with Crippen molar-refractivity contribution in [2.45, 2.75) is 13.0 Å². The van der Waals surface area contributed by atoms with E-state index in [1.165, 1.54) is 24.3 Å². The summed E-state index contributed by atoms with van der Waals surface area (Å²) < 4.78 is 6.17. The van der Waals surface area contributed by atoms with Gasteiger partial charge in [0, 0.05) is 11.8 Å². The molecule has 0 unspecified atom stereocenters. The molecule has 9 heteroatoms. The van der Waals surface area contributed by atoms with Gasteiger partial charge >= 0.3 is 11.7 Å². The van der Waals surface area contributed by atoms with Gasteiger partial charge in [0.15, 0.2) is 6.10 Å². The van der Waals surface area contributed by atoms with Gasteiger partial charge in [-0.2, -0.15) is 0 Å². The van der Waals surface area contributed by atoms with Gasteiger partial charge in [-0.05, 0) is 43.3 Å². The molecule has 0 fully saturated rings. The van der Waals surface area contributed by atoms with Crippen LogP contribution in [0.25, 0.3) is 27.3 Å². The van der Waals surface area contributed by atoms with Crippen molar-refractivity contribution < 1.29 is 14.3 Å². The number of aromatic amines is 2. The molecule has 0 spiro atoms. The average molecular weight is 408 g/mol. The first-order valence-corrected chi connectivity index (χ1v) is 9.57. The summed E-state index contributed by atoms with van der Waals surface area (Å²) in [5, 5.41) is 3.33. The maximum atomic E-state index is 12.3. The summed E-state index contributed by atoms with van der Waals surface area (Å²) in [6.45, 7) is 1.48. The van der Waals surface area contributed by atoms with Gasteiger partial charge < -0.3 is 20.0 Å². The van der Waals surface area contributed by atoms with Crippen LogP contribution in [0, 0.1) is 0 Å². The van der Waals surface area contributed by atoms with Crippen molar-refractivity contribution in [2.24, 2.45) is 0 Å². The van der Waals surface area contributed by atoms with E-state index in [0.717, 1.165) is 10.2 Å². The van der Waals surface area contributed by atoms with Gasteiger partial charge in [0.2, 0.25) is 0 Å². The Morgan fingerprint density at radius 3 is 2.79 bits per heavy atom. The normalized spacial score (nSPS) is 12.4. The van der Waals surface area contributed by atoms with Crippen LogP contribution >= 0.6 is 11.3 Å². The number of esters is 1. The van der Waals surface area contributed by atoms with Crippen LogP contribution in [0.5, 0.6) is 0 Å². The number of hydrogen-bond donors (Lipinski definition) is 3. The van der Waals surface area contributed by atoms with Crippen molar-refractivity contribution in [3.63, 3.8) is 0 Å². The highest BCUT2D eigenvalue weighted by molar-refractivity contribution is 7.19. The molecule has 29 heavy (non-hydrogen) atoms. The van der Waals surface area contributed by atoms with Crippen LogP contribution in [-0.2, 0) is 14.3 Å². The van der Waals surface area contributed by atoms with E-state index in [1.54, 1.807) is 24.3 Å². The maximum absolute atomic E-state index is 12.3. The summed E-state index contributed by atoms with van der Waals surface area (Å²) >= 11 is 1.46. The lowest BCUT2D eigenvalue weighted by molar-refractivity contribution is -0.148. The number of aromatic nitrogens is 3. The molecule has 0 bridgehead atoms. The largest absolute Gasteiger partial charge is 0.449 e. The van der Waals surface area contributed by atoms with Crippen LogP contribution in [0.4, 0.5) is 5.69 Å². The SMILES string of the molecule is C[C@H](OC(=O)/C=C/c1nc2ccccc2s1)C(=O)Nc1ccc2[nH]c(=O)[nH]c2c1. The molecule has 1 atom stereocenters. The molecule has 1 amide bonds. The summed E-state index contributed by atoms with van der Waals surface area (Å²) in [5.74, 6) is -1.12. The monoisotopic (exact) mass is 408 g/mol. The second-order valence-corrected chi connectivity index (χ2v) is 7.32. The lowest BCUT2D eigenvalue weighted by Gasteiger charge is -2.12. The van der Waals surface area contributed by atoms with Crippen LogP contribution < -0.4 is 11.0 Å². The third-order valence-electron chi connectivity index (χ3n) is 4.12. The van der Waals surface area contributed by atoms with E-state index in [4.69, 9.17) is 4.74 Å². The third kappa shape index (κ3) is 4.25. The van der Waals surface area contributed by atoms with E-state index >= 15 is 0 Å². The number of rotatable bonds is 5. The number of benzene rings is 2. The number of anilines is 1. The number of imidazole rings is 1. The second-order valence-electron chi connectivity index (χ2n) is 6.26. The van der Waals surface area contributed by atoms with Crippen LogP contribution in [0.1, 0.15) is 11.9 Å². The Bertz CT molecular complexity index is 1270. The van der Waals surface area contributed by atoms with Gasteiger partial charge in [0.1, 0.15) is 5.01 Å². The minimum Gasteiger partial charge on any atom is -0.449 e. The number of H-pyrrole nitrogens is 2. The summed E-state index contributed by atoms with van der Waals surface area (Å²) in [6, 6.07) is 12.6. The molecule has 0 saturated heterocycles. The quantitative estimate of drug-likeness (QED) is 0.347. The molecule has 8 nitrogen and oxygen atoms in total. The molecule has 0 radical (unpaired) electrons. The van der Waals surface area contributed by atoms with Crippen molar-refractivity contribution >= 4 is 56.2 Å².